The van der Waals surface area contributed by atoms with Crippen LogP contribution in [0.1, 0.15) is 36.8 Å². The van der Waals surface area contributed by atoms with Crippen LogP contribution in [0.15, 0.2) is 48.5 Å². The van der Waals surface area contributed by atoms with Crippen LogP contribution in [0.25, 0.3) is 11.1 Å². The van der Waals surface area contributed by atoms with Crippen molar-refractivity contribution in [2.24, 2.45) is 11.3 Å². The zero-order chi connectivity index (χ0) is 22.0. The summed E-state index contributed by atoms with van der Waals surface area (Å²) in [4.78, 5) is 35.6. The van der Waals surface area contributed by atoms with Crippen molar-refractivity contribution >= 4 is 18.0 Å². The standard InChI is InChI=1S/C24H26N2O5/c1-15(21(27)28)12-25-22(29)24(10-11-24)14-26-23(30)31-13-20-18-8-4-2-6-16(18)17-7-3-5-9-19(17)20/h2-9,15,20H,10-14H2,1H3,(H,25,29)(H,26,30)(H,27,28). The number of carbonyl (C=O) groups excluding carboxylic acids is 2. The number of rotatable bonds is 8. The van der Waals surface area contributed by atoms with Crippen LogP contribution in [0.2, 0.25) is 0 Å². The molecule has 7 nitrogen and oxygen atoms in total. The molecule has 162 valence electrons. The van der Waals surface area contributed by atoms with Crippen molar-refractivity contribution in [3.8, 4) is 11.1 Å². The monoisotopic (exact) mass is 422 g/mol. The van der Waals surface area contributed by atoms with Crippen LogP contribution in [-0.2, 0) is 14.3 Å². The van der Waals surface area contributed by atoms with E-state index in [-0.39, 0.29) is 31.5 Å². The second-order valence-corrected chi connectivity index (χ2v) is 8.41. The largest absolute Gasteiger partial charge is 0.481 e. The molecule has 1 unspecified atom stereocenters. The quantitative estimate of drug-likeness (QED) is 0.606. The number of nitrogens with one attached hydrogen (secondary N) is 2. The van der Waals surface area contributed by atoms with Crippen LogP contribution in [0.3, 0.4) is 0 Å². The molecule has 0 radical (unpaired) electrons. The Bertz CT molecular complexity index is 969. The van der Waals surface area contributed by atoms with Gasteiger partial charge in [0.25, 0.3) is 0 Å². The van der Waals surface area contributed by atoms with Crippen LogP contribution in [0.5, 0.6) is 0 Å². The predicted octanol–water partition coefficient (Wildman–Crippen LogP) is 3.14. The van der Waals surface area contributed by atoms with Crippen LogP contribution in [0.4, 0.5) is 4.79 Å². The maximum Gasteiger partial charge on any atom is 0.407 e. The van der Waals surface area contributed by atoms with E-state index in [0.717, 1.165) is 22.3 Å². The zero-order valence-corrected chi connectivity index (χ0v) is 17.4. The molecule has 0 saturated heterocycles. The number of benzene rings is 2. The van der Waals surface area contributed by atoms with Gasteiger partial charge in [-0.3, -0.25) is 9.59 Å². The van der Waals surface area contributed by atoms with Crippen LogP contribution < -0.4 is 10.6 Å². The van der Waals surface area contributed by atoms with Gasteiger partial charge in [0.15, 0.2) is 0 Å². The highest BCUT2D eigenvalue weighted by Crippen LogP contribution is 2.46. The van der Waals surface area contributed by atoms with Crippen molar-refractivity contribution in [3.05, 3.63) is 59.7 Å². The van der Waals surface area contributed by atoms with Gasteiger partial charge in [-0.1, -0.05) is 55.5 Å². The number of amides is 2. The number of carboxylic acids is 1. The highest BCUT2D eigenvalue weighted by molar-refractivity contribution is 5.86. The maximum absolute atomic E-state index is 12.4. The Balaban J connectivity index is 1.30. The Morgan fingerprint density at radius 2 is 1.61 bits per heavy atom. The lowest BCUT2D eigenvalue weighted by molar-refractivity contribution is -0.141. The van der Waals surface area contributed by atoms with Crippen LogP contribution >= 0.6 is 0 Å². The lowest BCUT2D eigenvalue weighted by atomic mass is 9.98. The Hall–Kier alpha value is -3.35. The lowest BCUT2D eigenvalue weighted by Gasteiger charge is -2.18. The fraction of sp³-hybridized carbons (Fsp3) is 0.375. The molecule has 1 fully saturated rings. The van der Waals surface area contributed by atoms with Gasteiger partial charge < -0.3 is 20.5 Å². The molecule has 1 saturated carbocycles. The van der Waals surface area contributed by atoms with E-state index in [0.29, 0.717) is 12.8 Å². The molecular formula is C24H26N2O5. The number of ether oxygens (including phenoxy) is 1. The zero-order valence-electron chi connectivity index (χ0n) is 17.4. The van der Waals surface area contributed by atoms with E-state index in [9.17, 15) is 14.4 Å². The molecule has 0 spiro atoms. The van der Waals surface area contributed by atoms with Crippen molar-refractivity contribution in [2.45, 2.75) is 25.7 Å². The second-order valence-electron chi connectivity index (χ2n) is 8.41. The molecule has 4 rings (SSSR count). The molecule has 7 heteroatoms. The summed E-state index contributed by atoms with van der Waals surface area (Å²) in [5.41, 5.74) is 3.95. The number of carbonyl (C=O) groups is 3. The topological polar surface area (TPSA) is 105 Å². The molecule has 2 aromatic rings. The van der Waals surface area contributed by atoms with Gasteiger partial charge in [0, 0.05) is 19.0 Å². The summed E-state index contributed by atoms with van der Waals surface area (Å²) in [5.74, 6) is -1.86. The highest BCUT2D eigenvalue weighted by atomic mass is 16.5. The van der Waals surface area contributed by atoms with Gasteiger partial charge in [-0.25, -0.2) is 4.79 Å². The summed E-state index contributed by atoms with van der Waals surface area (Å²) in [6.07, 6.45) is 0.758. The van der Waals surface area contributed by atoms with Gasteiger partial charge in [-0.05, 0) is 35.1 Å². The number of hydrogen-bond acceptors (Lipinski definition) is 4. The predicted molar refractivity (Wildman–Crippen MR) is 115 cm³/mol. The minimum atomic E-state index is -0.957. The minimum absolute atomic E-state index is 0.0196. The first-order valence-electron chi connectivity index (χ1n) is 10.5. The summed E-state index contributed by atoms with van der Waals surface area (Å²) in [7, 11) is 0. The average Bonchev–Trinajstić information content (AvgIpc) is 3.51. The number of aliphatic carboxylic acids is 1. The van der Waals surface area contributed by atoms with E-state index in [1.165, 1.54) is 6.92 Å². The first-order chi connectivity index (χ1) is 14.9. The molecular weight excluding hydrogens is 396 g/mol. The molecule has 2 aliphatic carbocycles. The molecule has 2 aliphatic rings. The molecule has 31 heavy (non-hydrogen) atoms. The lowest BCUT2D eigenvalue weighted by Crippen LogP contribution is -2.42. The second kappa shape index (κ2) is 8.41. The molecule has 1 atom stereocenters. The number of fused-ring (bicyclic) bond motifs is 3. The van der Waals surface area contributed by atoms with Gasteiger partial charge >= 0.3 is 12.1 Å². The van der Waals surface area contributed by atoms with Gasteiger partial charge in [0.1, 0.15) is 6.61 Å². The summed E-state index contributed by atoms with van der Waals surface area (Å²) < 4.78 is 5.51. The van der Waals surface area contributed by atoms with Crippen LogP contribution in [-0.4, -0.2) is 42.8 Å². The fourth-order valence-corrected chi connectivity index (χ4v) is 4.05. The van der Waals surface area contributed by atoms with E-state index in [1.54, 1.807) is 0 Å². The smallest absolute Gasteiger partial charge is 0.407 e. The Kier molecular flexibility index (Phi) is 5.67. The molecule has 3 N–H and O–H groups in total. The van der Waals surface area contributed by atoms with Crippen molar-refractivity contribution in [2.75, 3.05) is 19.7 Å². The van der Waals surface area contributed by atoms with E-state index in [2.05, 4.69) is 34.9 Å². The SMILES string of the molecule is CC(CNC(=O)C1(CNC(=O)OCC2c3ccccc3-c3ccccc32)CC1)C(=O)O. The first kappa shape index (κ1) is 20.9. The molecule has 0 aliphatic heterocycles. The molecule has 2 aromatic carbocycles. The summed E-state index contributed by atoms with van der Waals surface area (Å²) in [6.45, 7) is 2.00. The van der Waals surface area contributed by atoms with Crippen LogP contribution in [0, 0.1) is 11.3 Å². The Morgan fingerprint density at radius 3 is 2.16 bits per heavy atom. The molecule has 0 heterocycles. The van der Waals surface area contributed by atoms with Gasteiger partial charge in [-0.2, -0.15) is 0 Å². The summed E-state index contributed by atoms with van der Waals surface area (Å²) >= 11 is 0. The third-order valence-electron chi connectivity index (χ3n) is 6.24. The van der Waals surface area contributed by atoms with Gasteiger partial charge in [0.05, 0.1) is 11.3 Å². The van der Waals surface area contributed by atoms with E-state index < -0.39 is 23.4 Å². The Labute approximate surface area is 180 Å². The number of carboxylic acid groups (broad SMARTS) is 1. The van der Waals surface area contributed by atoms with Crippen molar-refractivity contribution < 1.29 is 24.2 Å². The number of alkyl carbamates (subject to hydrolysis) is 1. The van der Waals surface area contributed by atoms with Gasteiger partial charge in [0.2, 0.25) is 5.91 Å². The first-order valence-corrected chi connectivity index (χ1v) is 10.5. The minimum Gasteiger partial charge on any atom is -0.481 e. The van der Waals surface area contributed by atoms with Crippen molar-refractivity contribution in [1.82, 2.24) is 10.6 Å². The average molecular weight is 422 g/mol. The van der Waals surface area contributed by atoms with Gasteiger partial charge in [-0.15, -0.1) is 0 Å². The van der Waals surface area contributed by atoms with E-state index >= 15 is 0 Å². The fourth-order valence-electron chi connectivity index (χ4n) is 4.05. The Morgan fingerprint density at radius 1 is 1.03 bits per heavy atom. The normalized spacial score (nSPS) is 16.5. The van der Waals surface area contributed by atoms with E-state index in [4.69, 9.17) is 9.84 Å². The summed E-state index contributed by atoms with van der Waals surface area (Å²) in [6, 6.07) is 16.2. The highest BCUT2D eigenvalue weighted by Gasteiger charge is 2.50. The van der Waals surface area contributed by atoms with Crippen molar-refractivity contribution in [1.29, 1.82) is 0 Å². The third-order valence-corrected chi connectivity index (χ3v) is 6.24. The maximum atomic E-state index is 12.4. The third kappa shape index (κ3) is 4.26. The summed E-state index contributed by atoms with van der Waals surface area (Å²) in [5, 5.41) is 14.3. The molecule has 2 amide bonds. The molecule has 0 aromatic heterocycles. The van der Waals surface area contributed by atoms with E-state index in [1.807, 2.05) is 24.3 Å². The number of hydrogen-bond donors (Lipinski definition) is 3. The molecule has 0 bridgehead atoms. The van der Waals surface area contributed by atoms with Crippen molar-refractivity contribution in [3.63, 3.8) is 0 Å².